The summed E-state index contributed by atoms with van der Waals surface area (Å²) >= 11 is 0. The monoisotopic (exact) mass is 221 g/mol. The van der Waals surface area contributed by atoms with E-state index in [0.29, 0.717) is 6.54 Å². The lowest BCUT2D eigenvalue weighted by atomic mass is 10.1. The zero-order valence-corrected chi connectivity index (χ0v) is 10.1. The van der Waals surface area contributed by atoms with E-state index in [-0.39, 0.29) is 11.8 Å². The van der Waals surface area contributed by atoms with Crippen molar-refractivity contribution < 1.29 is 4.79 Å². The van der Waals surface area contributed by atoms with E-state index in [2.05, 4.69) is 10.3 Å². The Kier molecular flexibility index (Phi) is 4.92. The predicted molar refractivity (Wildman–Crippen MR) is 65.4 cm³/mol. The second-order valence-electron chi connectivity index (χ2n) is 3.77. The number of anilines is 1. The molecule has 0 aliphatic carbocycles. The number of nitrogens with zero attached hydrogens (tertiary/aromatic N) is 2. The van der Waals surface area contributed by atoms with Crippen molar-refractivity contribution in [2.24, 2.45) is 5.92 Å². The first-order valence-corrected chi connectivity index (χ1v) is 5.52. The minimum absolute atomic E-state index is 0.0307. The van der Waals surface area contributed by atoms with E-state index < -0.39 is 0 Å². The molecule has 4 nitrogen and oxygen atoms in total. The first-order chi connectivity index (χ1) is 7.70. The van der Waals surface area contributed by atoms with Crippen LogP contribution in [0.4, 0.5) is 5.69 Å². The van der Waals surface area contributed by atoms with Crippen molar-refractivity contribution in [3.8, 4) is 0 Å². The van der Waals surface area contributed by atoms with Gasteiger partial charge < -0.3 is 10.2 Å². The van der Waals surface area contributed by atoms with E-state index in [1.807, 2.05) is 26.1 Å². The Morgan fingerprint density at radius 3 is 2.62 bits per heavy atom. The van der Waals surface area contributed by atoms with Crippen molar-refractivity contribution >= 4 is 11.6 Å². The number of rotatable bonds is 5. The molecule has 1 atom stereocenters. The second kappa shape index (κ2) is 6.23. The van der Waals surface area contributed by atoms with Crippen LogP contribution in [0.15, 0.2) is 24.5 Å². The minimum atomic E-state index is 0.0307. The number of amides is 1. The van der Waals surface area contributed by atoms with Crippen LogP contribution in [0, 0.1) is 5.92 Å². The van der Waals surface area contributed by atoms with Crippen LogP contribution >= 0.6 is 0 Å². The Hall–Kier alpha value is -1.42. The van der Waals surface area contributed by atoms with Gasteiger partial charge in [0.05, 0.1) is 5.92 Å². The molecule has 1 aromatic heterocycles. The van der Waals surface area contributed by atoms with Gasteiger partial charge in [-0.05, 0) is 25.6 Å². The summed E-state index contributed by atoms with van der Waals surface area (Å²) in [5, 5.41) is 3.05. The zero-order valence-electron chi connectivity index (χ0n) is 10.1. The molecule has 0 saturated heterocycles. The van der Waals surface area contributed by atoms with Gasteiger partial charge in [0.2, 0.25) is 5.91 Å². The van der Waals surface area contributed by atoms with Gasteiger partial charge in [-0.1, -0.05) is 6.92 Å². The van der Waals surface area contributed by atoms with Crippen LogP contribution in [-0.4, -0.2) is 31.5 Å². The maximum atomic E-state index is 12.1. The van der Waals surface area contributed by atoms with Gasteiger partial charge in [-0.25, -0.2) is 0 Å². The molecule has 1 unspecified atom stereocenters. The van der Waals surface area contributed by atoms with Crippen LogP contribution in [-0.2, 0) is 4.79 Å². The number of pyridine rings is 1. The molecule has 0 aromatic carbocycles. The Balaban J connectivity index is 2.73. The van der Waals surface area contributed by atoms with Crippen LogP contribution in [0.5, 0.6) is 0 Å². The van der Waals surface area contributed by atoms with Gasteiger partial charge in [0.15, 0.2) is 0 Å². The summed E-state index contributed by atoms with van der Waals surface area (Å²) < 4.78 is 0. The number of carbonyl (C=O) groups excluding carboxylic acids is 1. The van der Waals surface area contributed by atoms with E-state index in [4.69, 9.17) is 0 Å². The summed E-state index contributed by atoms with van der Waals surface area (Å²) in [6.07, 6.45) is 4.23. The van der Waals surface area contributed by atoms with Gasteiger partial charge in [0.1, 0.15) is 0 Å². The van der Waals surface area contributed by atoms with E-state index in [9.17, 15) is 4.79 Å². The van der Waals surface area contributed by atoms with E-state index in [0.717, 1.165) is 12.1 Å². The van der Waals surface area contributed by atoms with E-state index >= 15 is 0 Å². The fraction of sp³-hybridized carbons (Fsp3) is 0.500. The third kappa shape index (κ3) is 3.03. The largest absolute Gasteiger partial charge is 0.319 e. The van der Waals surface area contributed by atoms with Crippen LogP contribution < -0.4 is 10.2 Å². The molecule has 88 valence electrons. The summed E-state index contributed by atoms with van der Waals surface area (Å²) in [5.74, 6) is 0.172. The van der Waals surface area contributed by atoms with Gasteiger partial charge in [-0.15, -0.1) is 0 Å². The lowest BCUT2D eigenvalue weighted by molar-refractivity contribution is -0.122. The maximum Gasteiger partial charge on any atom is 0.231 e. The number of hydrogen-bond donors (Lipinski definition) is 1. The molecule has 1 heterocycles. The summed E-state index contributed by atoms with van der Waals surface area (Å²) in [4.78, 5) is 17.8. The molecule has 1 N–H and O–H groups in total. The molecule has 0 saturated carbocycles. The smallest absolute Gasteiger partial charge is 0.231 e. The van der Waals surface area contributed by atoms with Crippen molar-refractivity contribution in [1.29, 1.82) is 0 Å². The number of carbonyl (C=O) groups is 1. The molecular formula is C12H19N3O. The SMILES string of the molecule is CCC(CNC)C(=O)N(C)c1ccncc1. The van der Waals surface area contributed by atoms with Crippen molar-refractivity contribution in [3.05, 3.63) is 24.5 Å². The molecule has 0 aliphatic rings. The zero-order chi connectivity index (χ0) is 12.0. The first-order valence-electron chi connectivity index (χ1n) is 5.52. The molecule has 16 heavy (non-hydrogen) atoms. The highest BCUT2D eigenvalue weighted by molar-refractivity contribution is 5.94. The molecule has 1 amide bonds. The van der Waals surface area contributed by atoms with Crippen molar-refractivity contribution in [3.63, 3.8) is 0 Å². The normalized spacial score (nSPS) is 12.2. The fourth-order valence-corrected chi connectivity index (χ4v) is 1.62. The molecular weight excluding hydrogens is 202 g/mol. The Labute approximate surface area is 96.7 Å². The summed E-state index contributed by atoms with van der Waals surface area (Å²) in [6.45, 7) is 2.74. The van der Waals surface area contributed by atoms with Gasteiger partial charge in [-0.2, -0.15) is 0 Å². The van der Waals surface area contributed by atoms with Crippen LogP contribution in [0.2, 0.25) is 0 Å². The van der Waals surface area contributed by atoms with E-state index in [1.54, 1.807) is 24.3 Å². The molecule has 0 radical (unpaired) electrons. The van der Waals surface area contributed by atoms with Gasteiger partial charge in [0, 0.05) is 31.7 Å². The number of hydrogen-bond acceptors (Lipinski definition) is 3. The fourth-order valence-electron chi connectivity index (χ4n) is 1.62. The van der Waals surface area contributed by atoms with Crippen LogP contribution in [0.25, 0.3) is 0 Å². The first kappa shape index (κ1) is 12.6. The average molecular weight is 221 g/mol. The third-order valence-corrected chi connectivity index (χ3v) is 2.67. The quantitative estimate of drug-likeness (QED) is 0.815. The highest BCUT2D eigenvalue weighted by Crippen LogP contribution is 2.14. The highest BCUT2D eigenvalue weighted by Gasteiger charge is 2.20. The van der Waals surface area contributed by atoms with Crippen molar-refractivity contribution in [2.45, 2.75) is 13.3 Å². The molecule has 0 aliphatic heterocycles. The molecule has 0 bridgehead atoms. The molecule has 4 heteroatoms. The Bertz CT molecular complexity index is 326. The molecule has 1 rings (SSSR count). The van der Waals surface area contributed by atoms with Crippen molar-refractivity contribution in [2.75, 3.05) is 25.5 Å². The maximum absolute atomic E-state index is 12.1. The average Bonchev–Trinajstić information content (AvgIpc) is 2.35. The molecule has 1 aromatic rings. The topological polar surface area (TPSA) is 45.2 Å². The molecule has 0 fully saturated rings. The lowest BCUT2D eigenvalue weighted by Crippen LogP contribution is -2.37. The Morgan fingerprint density at radius 1 is 1.50 bits per heavy atom. The Morgan fingerprint density at radius 2 is 2.12 bits per heavy atom. The minimum Gasteiger partial charge on any atom is -0.319 e. The highest BCUT2D eigenvalue weighted by atomic mass is 16.2. The standard InChI is InChI=1S/C12H19N3O/c1-4-10(9-13-2)12(16)15(3)11-5-7-14-8-6-11/h5-8,10,13H,4,9H2,1-3H3. The van der Waals surface area contributed by atoms with Crippen molar-refractivity contribution in [1.82, 2.24) is 10.3 Å². The summed E-state index contributed by atoms with van der Waals surface area (Å²) in [6, 6.07) is 3.67. The van der Waals surface area contributed by atoms with E-state index in [1.165, 1.54) is 0 Å². The van der Waals surface area contributed by atoms with Gasteiger partial charge in [0.25, 0.3) is 0 Å². The van der Waals surface area contributed by atoms with Crippen LogP contribution in [0.1, 0.15) is 13.3 Å². The number of nitrogens with one attached hydrogen (secondary N) is 1. The second-order valence-corrected chi connectivity index (χ2v) is 3.77. The van der Waals surface area contributed by atoms with Crippen LogP contribution in [0.3, 0.4) is 0 Å². The van der Waals surface area contributed by atoms with Gasteiger partial charge in [-0.3, -0.25) is 9.78 Å². The summed E-state index contributed by atoms with van der Waals surface area (Å²) in [7, 11) is 3.67. The third-order valence-electron chi connectivity index (χ3n) is 2.67. The predicted octanol–water partition coefficient (Wildman–Crippen LogP) is 1.29. The van der Waals surface area contributed by atoms with Gasteiger partial charge >= 0.3 is 0 Å². The number of aromatic nitrogens is 1. The molecule has 0 spiro atoms. The lowest BCUT2D eigenvalue weighted by Gasteiger charge is -2.22. The summed E-state index contributed by atoms with van der Waals surface area (Å²) in [5.41, 5.74) is 0.884.